The van der Waals surface area contributed by atoms with E-state index in [0.29, 0.717) is 25.7 Å². The highest BCUT2D eigenvalue weighted by atomic mass is 32.1. The minimum absolute atomic E-state index is 0.00914. The Bertz CT molecular complexity index is 831. The Hall–Kier alpha value is -1.83. The van der Waals surface area contributed by atoms with Gasteiger partial charge in [-0.05, 0) is 62.8 Å². The quantitative estimate of drug-likeness (QED) is 0.432. The number of nitrogens with zero attached hydrogens (tertiary/aromatic N) is 2. The van der Waals surface area contributed by atoms with Gasteiger partial charge in [0.15, 0.2) is 0 Å². The van der Waals surface area contributed by atoms with Crippen molar-refractivity contribution in [2.24, 2.45) is 5.92 Å². The van der Waals surface area contributed by atoms with Crippen molar-refractivity contribution in [3.63, 3.8) is 0 Å². The highest BCUT2D eigenvalue weighted by Gasteiger charge is 2.29. The first-order valence-corrected chi connectivity index (χ1v) is 13.0. The summed E-state index contributed by atoms with van der Waals surface area (Å²) in [6.07, 6.45) is 8.13. The number of aromatic nitrogens is 1. The van der Waals surface area contributed by atoms with Gasteiger partial charge in [0.05, 0.1) is 6.04 Å². The van der Waals surface area contributed by atoms with Crippen molar-refractivity contribution < 1.29 is 9.53 Å². The Morgan fingerprint density at radius 1 is 1.22 bits per heavy atom. The predicted octanol–water partition coefficient (Wildman–Crippen LogP) is 5.12. The van der Waals surface area contributed by atoms with E-state index in [-0.39, 0.29) is 12.1 Å². The summed E-state index contributed by atoms with van der Waals surface area (Å²) >= 11 is 1.89. The molecule has 0 unspecified atom stereocenters. The molecule has 0 radical (unpaired) electrons. The van der Waals surface area contributed by atoms with E-state index in [1.165, 1.54) is 21.0 Å². The third-order valence-corrected chi connectivity index (χ3v) is 7.33. The molecule has 2 aromatic heterocycles. The predicted molar refractivity (Wildman–Crippen MR) is 133 cm³/mol. The Kier molecular flexibility index (Phi) is 9.63. The van der Waals surface area contributed by atoms with E-state index in [0.717, 1.165) is 45.3 Å². The summed E-state index contributed by atoms with van der Waals surface area (Å²) in [6.45, 7) is 13.9. The maximum atomic E-state index is 12.8. The minimum Gasteiger partial charge on any atom is -0.382 e. The number of hydrogen-bond acceptors (Lipinski definition) is 4. The fraction of sp³-hybridized carbons (Fsp3) is 0.640. The molecule has 2 aromatic rings. The molecule has 0 fully saturated rings. The summed E-state index contributed by atoms with van der Waals surface area (Å²) < 4.78 is 7.60. The van der Waals surface area contributed by atoms with Crippen molar-refractivity contribution in [3.05, 3.63) is 40.5 Å². The standard InChI is InChI=1S/C25H40N4O2S/c1-5-28-16-12-20-22(18-28)32-24(29-14-7-8-15-29)23(20)21(11-10-19(3)4)27-25(30)26-13-9-17-31-6-2/h7-8,14-15,19,21H,5-6,9-13,16-18H2,1-4H3,(H2,26,27,30)/t21-/m1/s1. The molecule has 0 spiro atoms. The Morgan fingerprint density at radius 2 is 2.00 bits per heavy atom. The van der Waals surface area contributed by atoms with Crippen molar-refractivity contribution in [1.82, 2.24) is 20.1 Å². The van der Waals surface area contributed by atoms with Gasteiger partial charge in [-0.1, -0.05) is 20.8 Å². The van der Waals surface area contributed by atoms with Gasteiger partial charge in [-0.3, -0.25) is 4.90 Å². The zero-order chi connectivity index (χ0) is 22.9. The number of likely N-dealkylation sites (N-methyl/N-ethyl adjacent to an activating group) is 1. The molecule has 2 amide bonds. The number of hydrogen-bond donors (Lipinski definition) is 2. The van der Waals surface area contributed by atoms with Crippen LogP contribution in [-0.4, -0.2) is 48.3 Å². The Balaban J connectivity index is 1.84. The van der Waals surface area contributed by atoms with Crippen LogP contribution in [0.2, 0.25) is 0 Å². The van der Waals surface area contributed by atoms with Gasteiger partial charge in [0.25, 0.3) is 0 Å². The number of urea groups is 1. The monoisotopic (exact) mass is 460 g/mol. The second kappa shape index (κ2) is 12.4. The topological polar surface area (TPSA) is 58.5 Å². The van der Waals surface area contributed by atoms with Gasteiger partial charge >= 0.3 is 6.03 Å². The van der Waals surface area contributed by atoms with Crippen molar-refractivity contribution in [1.29, 1.82) is 0 Å². The molecular formula is C25H40N4O2S. The van der Waals surface area contributed by atoms with Crippen LogP contribution in [0.5, 0.6) is 0 Å². The van der Waals surface area contributed by atoms with Crippen LogP contribution in [0.4, 0.5) is 4.79 Å². The van der Waals surface area contributed by atoms with E-state index in [1.54, 1.807) is 0 Å². The lowest BCUT2D eigenvalue weighted by Gasteiger charge is -2.28. The molecule has 2 N–H and O–H groups in total. The fourth-order valence-corrected chi connectivity index (χ4v) is 5.69. The summed E-state index contributed by atoms with van der Waals surface area (Å²) in [5.41, 5.74) is 2.77. The molecule has 0 saturated heterocycles. The third-order valence-electron chi connectivity index (χ3n) is 6.09. The zero-order valence-corrected chi connectivity index (χ0v) is 21.0. The van der Waals surface area contributed by atoms with Crippen LogP contribution >= 0.6 is 11.3 Å². The van der Waals surface area contributed by atoms with Crippen LogP contribution in [-0.2, 0) is 17.7 Å². The lowest BCUT2D eigenvalue weighted by Crippen LogP contribution is -2.39. The van der Waals surface area contributed by atoms with E-state index in [1.807, 2.05) is 18.3 Å². The van der Waals surface area contributed by atoms with E-state index >= 15 is 0 Å². The highest BCUT2D eigenvalue weighted by molar-refractivity contribution is 7.15. The van der Waals surface area contributed by atoms with Gasteiger partial charge in [0, 0.05) is 55.7 Å². The van der Waals surface area contributed by atoms with Gasteiger partial charge in [-0.2, -0.15) is 0 Å². The van der Waals surface area contributed by atoms with Crippen molar-refractivity contribution in [2.75, 3.05) is 32.8 Å². The van der Waals surface area contributed by atoms with Crippen molar-refractivity contribution >= 4 is 17.4 Å². The van der Waals surface area contributed by atoms with E-state index < -0.39 is 0 Å². The molecule has 7 heteroatoms. The molecule has 1 aliphatic heterocycles. The van der Waals surface area contributed by atoms with Crippen LogP contribution in [0, 0.1) is 5.92 Å². The van der Waals surface area contributed by atoms with Gasteiger partial charge in [0.1, 0.15) is 5.00 Å². The summed E-state index contributed by atoms with van der Waals surface area (Å²) in [6, 6.07) is 4.07. The molecule has 0 bridgehead atoms. The summed E-state index contributed by atoms with van der Waals surface area (Å²) in [7, 11) is 0. The van der Waals surface area contributed by atoms with Crippen molar-refractivity contribution in [2.45, 2.75) is 66.0 Å². The average molecular weight is 461 g/mol. The maximum absolute atomic E-state index is 12.8. The number of thiophene rings is 1. The van der Waals surface area contributed by atoms with Crippen LogP contribution < -0.4 is 10.6 Å². The number of carbonyl (C=O) groups is 1. The highest BCUT2D eigenvalue weighted by Crippen LogP contribution is 2.40. The Labute approximate surface area is 197 Å². The molecule has 6 nitrogen and oxygen atoms in total. The lowest BCUT2D eigenvalue weighted by molar-refractivity contribution is 0.145. The number of carbonyl (C=O) groups excluding carboxylic acids is 1. The molecule has 0 saturated carbocycles. The largest absolute Gasteiger partial charge is 0.382 e. The fourth-order valence-electron chi connectivity index (χ4n) is 4.28. The molecule has 3 rings (SSSR count). The number of rotatable bonds is 12. The van der Waals surface area contributed by atoms with Gasteiger partial charge < -0.3 is 19.9 Å². The summed E-state index contributed by atoms with van der Waals surface area (Å²) in [5.74, 6) is 0.591. The van der Waals surface area contributed by atoms with Crippen LogP contribution in [0.1, 0.15) is 69.0 Å². The van der Waals surface area contributed by atoms with E-state index in [4.69, 9.17) is 4.74 Å². The lowest BCUT2D eigenvalue weighted by atomic mass is 9.92. The molecule has 3 heterocycles. The van der Waals surface area contributed by atoms with Crippen LogP contribution in [0.15, 0.2) is 24.5 Å². The van der Waals surface area contributed by atoms with Crippen molar-refractivity contribution in [3.8, 4) is 5.00 Å². The number of amides is 2. The van der Waals surface area contributed by atoms with Gasteiger partial charge in [0.2, 0.25) is 0 Å². The molecular weight excluding hydrogens is 420 g/mol. The maximum Gasteiger partial charge on any atom is 0.315 e. The SMILES string of the molecule is CCOCCCNC(=O)N[C@H](CCC(C)C)c1c(-n2cccc2)sc2c1CCN(CC)C2. The van der Waals surface area contributed by atoms with Crippen LogP contribution in [0.3, 0.4) is 0 Å². The molecule has 178 valence electrons. The first-order chi connectivity index (χ1) is 15.5. The van der Waals surface area contributed by atoms with Gasteiger partial charge in [-0.15, -0.1) is 11.3 Å². The first-order valence-electron chi connectivity index (χ1n) is 12.2. The smallest absolute Gasteiger partial charge is 0.315 e. The Morgan fingerprint density at radius 3 is 2.69 bits per heavy atom. The first kappa shape index (κ1) is 24.8. The number of nitrogens with one attached hydrogen (secondary N) is 2. The third kappa shape index (κ3) is 6.59. The number of ether oxygens (including phenoxy) is 1. The molecule has 1 aliphatic rings. The van der Waals surface area contributed by atoms with Gasteiger partial charge in [-0.25, -0.2) is 4.79 Å². The van der Waals surface area contributed by atoms with E-state index in [2.05, 4.69) is 65.4 Å². The normalized spacial score (nSPS) is 15.0. The average Bonchev–Trinajstić information content (AvgIpc) is 3.43. The van der Waals surface area contributed by atoms with E-state index in [9.17, 15) is 4.79 Å². The zero-order valence-electron chi connectivity index (χ0n) is 20.2. The molecule has 0 aromatic carbocycles. The summed E-state index contributed by atoms with van der Waals surface area (Å²) in [5, 5.41) is 7.62. The second-order valence-corrected chi connectivity index (χ2v) is 9.99. The molecule has 1 atom stereocenters. The second-order valence-electron chi connectivity index (χ2n) is 8.91. The summed E-state index contributed by atoms with van der Waals surface area (Å²) in [4.78, 5) is 16.8. The minimum atomic E-state index is -0.0837. The molecule has 32 heavy (non-hydrogen) atoms. The number of fused-ring (bicyclic) bond motifs is 1. The molecule has 0 aliphatic carbocycles. The van der Waals surface area contributed by atoms with Crippen LogP contribution in [0.25, 0.3) is 5.00 Å².